The van der Waals surface area contributed by atoms with Gasteiger partial charge < -0.3 is 28.7 Å². The second kappa shape index (κ2) is 11.6. The van der Waals surface area contributed by atoms with Gasteiger partial charge in [-0.1, -0.05) is 23.2 Å². The molecule has 0 aliphatic carbocycles. The molecule has 8 nitrogen and oxygen atoms in total. The van der Waals surface area contributed by atoms with Crippen LogP contribution in [0.4, 0.5) is 4.79 Å². The van der Waals surface area contributed by atoms with Gasteiger partial charge >= 0.3 is 6.09 Å². The second-order valence-corrected chi connectivity index (χ2v) is 11.4. The maximum Gasteiger partial charge on any atom is 0.410 e. The molecule has 10 heteroatoms. The van der Waals surface area contributed by atoms with Crippen LogP contribution in [0.25, 0.3) is 0 Å². The van der Waals surface area contributed by atoms with Crippen LogP contribution in [0.2, 0.25) is 10.0 Å². The summed E-state index contributed by atoms with van der Waals surface area (Å²) in [4.78, 5) is 29.1. The van der Waals surface area contributed by atoms with Crippen molar-refractivity contribution >= 4 is 35.2 Å². The molecule has 0 unspecified atom stereocenters. The number of amides is 2. The Morgan fingerprint density at radius 1 is 1.08 bits per heavy atom. The van der Waals surface area contributed by atoms with Crippen molar-refractivity contribution in [2.45, 2.75) is 45.9 Å². The normalized spacial score (nSPS) is 15.7. The molecule has 2 heterocycles. The number of fused-ring (bicyclic) bond motifs is 1. The topological polar surface area (TPSA) is 77.5 Å². The van der Waals surface area contributed by atoms with Crippen LogP contribution in [0.15, 0.2) is 24.3 Å². The van der Waals surface area contributed by atoms with E-state index in [1.807, 2.05) is 32.9 Å². The summed E-state index contributed by atoms with van der Waals surface area (Å²) >= 11 is 13.3. The molecule has 0 bridgehead atoms. The molecule has 0 aromatic heterocycles. The molecule has 0 atom stereocenters. The van der Waals surface area contributed by atoms with Crippen LogP contribution >= 0.6 is 23.2 Å². The maximum atomic E-state index is 13.5. The lowest BCUT2D eigenvalue weighted by atomic mass is 9.95. The van der Waals surface area contributed by atoms with Crippen LogP contribution in [0, 0.1) is 5.92 Å². The average Bonchev–Trinajstić information content (AvgIpc) is 2.83. The number of carbonyl (C=O) groups is 2. The van der Waals surface area contributed by atoms with E-state index in [9.17, 15) is 9.59 Å². The number of benzene rings is 2. The van der Waals surface area contributed by atoms with E-state index in [-0.39, 0.29) is 24.5 Å². The Labute approximate surface area is 233 Å². The number of halogens is 2. The zero-order chi connectivity index (χ0) is 27.6. The number of hydrogen-bond acceptors (Lipinski definition) is 6. The van der Waals surface area contributed by atoms with Gasteiger partial charge in [-0.15, -0.1) is 0 Å². The Kier molecular flexibility index (Phi) is 8.65. The van der Waals surface area contributed by atoms with Gasteiger partial charge in [-0.2, -0.15) is 0 Å². The first-order valence-electron chi connectivity index (χ1n) is 12.6. The molecule has 0 N–H and O–H groups in total. The van der Waals surface area contributed by atoms with Crippen LogP contribution in [0.1, 0.15) is 47.8 Å². The molecule has 2 aromatic rings. The van der Waals surface area contributed by atoms with Gasteiger partial charge in [-0.3, -0.25) is 4.79 Å². The SMILES string of the molecule is COc1ccc(CN2CCc3c(Cl)cc(COCC4CN(C(=O)OC(C)(C)C)C4)c(Cl)c3C2=O)c(OC)c1. The third-order valence-corrected chi connectivity index (χ3v) is 7.37. The first-order chi connectivity index (χ1) is 18.0. The van der Waals surface area contributed by atoms with E-state index in [1.165, 1.54) is 0 Å². The van der Waals surface area contributed by atoms with E-state index in [4.69, 9.17) is 42.1 Å². The predicted molar refractivity (Wildman–Crippen MR) is 145 cm³/mol. The molecule has 1 fully saturated rings. The van der Waals surface area contributed by atoms with Gasteiger partial charge in [0.15, 0.2) is 0 Å². The Hall–Kier alpha value is -2.68. The molecule has 0 radical (unpaired) electrons. The van der Waals surface area contributed by atoms with E-state index in [1.54, 1.807) is 36.2 Å². The van der Waals surface area contributed by atoms with E-state index < -0.39 is 5.60 Å². The predicted octanol–water partition coefficient (Wildman–Crippen LogP) is 5.59. The largest absolute Gasteiger partial charge is 0.497 e. The average molecular weight is 565 g/mol. The molecule has 4 rings (SSSR count). The lowest BCUT2D eigenvalue weighted by molar-refractivity contribution is -0.0226. The highest BCUT2D eigenvalue weighted by atomic mass is 35.5. The van der Waals surface area contributed by atoms with Gasteiger partial charge in [0.05, 0.1) is 38.0 Å². The highest BCUT2D eigenvalue weighted by Gasteiger charge is 2.34. The van der Waals surface area contributed by atoms with Gasteiger partial charge in [0.25, 0.3) is 5.91 Å². The van der Waals surface area contributed by atoms with Crippen LogP contribution in [0.5, 0.6) is 11.5 Å². The van der Waals surface area contributed by atoms with Crippen molar-refractivity contribution in [3.63, 3.8) is 0 Å². The third-order valence-electron chi connectivity index (χ3n) is 6.60. The van der Waals surface area contributed by atoms with E-state index in [0.717, 1.165) is 11.1 Å². The number of rotatable bonds is 8. The Morgan fingerprint density at radius 3 is 2.47 bits per heavy atom. The summed E-state index contributed by atoms with van der Waals surface area (Å²) in [7, 11) is 3.19. The minimum Gasteiger partial charge on any atom is -0.497 e. The molecule has 206 valence electrons. The van der Waals surface area contributed by atoms with Gasteiger partial charge in [0, 0.05) is 48.7 Å². The molecule has 2 amide bonds. The monoisotopic (exact) mass is 564 g/mol. The zero-order valence-electron chi connectivity index (χ0n) is 22.4. The fourth-order valence-electron chi connectivity index (χ4n) is 4.62. The standard InChI is InChI=1S/C28H34Cl2N2O6/c1-28(2,3)38-27(34)32-12-17(13-32)15-37-16-19-10-22(29)21-8-9-31(26(33)24(21)25(19)30)14-18-6-7-20(35-4)11-23(18)36-5/h6-7,10-11,17H,8-9,12-16H2,1-5H3. The van der Waals surface area contributed by atoms with E-state index in [2.05, 4.69) is 0 Å². The van der Waals surface area contributed by atoms with Crippen LogP contribution in [-0.2, 0) is 29.0 Å². The zero-order valence-corrected chi connectivity index (χ0v) is 23.9. The first-order valence-corrected chi connectivity index (χ1v) is 13.3. The Bertz CT molecular complexity index is 1210. The van der Waals surface area contributed by atoms with Crippen molar-refractivity contribution in [2.75, 3.05) is 40.5 Å². The lowest BCUT2D eigenvalue weighted by Crippen LogP contribution is -2.53. The highest BCUT2D eigenvalue weighted by molar-refractivity contribution is 6.37. The quantitative estimate of drug-likeness (QED) is 0.415. The van der Waals surface area contributed by atoms with Crippen molar-refractivity contribution in [3.05, 3.63) is 56.6 Å². The number of carbonyl (C=O) groups excluding carboxylic acids is 2. The number of hydrogen-bond donors (Lipinski definition) is 0. The summed E-state index contributed by atoms with van der Waals surface area (Å²) in [6.07, 6.45) is 0.288. The van der Waals surface area contributed by atoms with Crippen molar-refractivity contribution in [1.29, 1.82) is 0 Å². The number of methoxy groups -OCH3 is 2. The Balaban J connectivity index is 1.39. The summed E-state index contributed by atoms with van der Waals surface area (Å²) < 4.78 is 22.1. The van der Waals surface area contributed by atoms with Crippen molar-refractivity contribution in [3.8, 4) is 11.5 Å². The summed E-state index contributed by atoms with van der Waals surface area (Å²) in [5, 5.41) is 0.877. The molecule has 2 aliphatic heterocycles. The van der Waals surface area contributed by atoms with Gasteiger partial charge in [-0.05, 0) is 56.5 Å². The summed E-state index contributed by atoms with van der Waals surface area (Å²) in [6, 6.07) is 7.32. The maximum absolute atomic E-state index is 13.5. The second-order valence-electron chi connectivity index (χ2n) is 10.6. The summed E-state index contributed by atoms with van der Waals surface area (Å²) in [5.74, 6) is 1.37. The smallest absolute Gasteiger partial charge is 0.410 e. The molecule has 2 aliphatic rings. The van der Waals surface area contributed by atoms with Gasteiger partial charge in [-0.25, -0.2) is 4.79 Å². The number of nitrogens with zero attached hydrogens (tertiary/aromatic N) is 2. The third kappa shape index (κ3) is 6.30. The van der Waals surface area contributed by atoms with Crippen molar-refractivity contribution in [1.82, 2.24) is 9.80 Å². The summed E-state index contributed by atoms with van der Waals surface area (Å²) in [6.45, 7) is 8.26. The number of ether oxygens (including phenoxy) is 4. The molecular weight excluding hydrogens is 531 g/mol. The van der Waals surface area contributed by atoms with Crippen LogP contribution in [-0.4, -0.2) is 67.9 Å². The van der Waals surface area contributed by atoms with Gasteiger partial charge in [0.1, 0.15) is 17.1 Å². The fourth-order valence-corrected chi connectivity index (χ4v) is 5.24. The van der Waals surface area contributed by atoms with E-state index in [0.29, 0.717) is 71.9 Å². The molecule has 0 spiro atoms. The first kappa shape index (κ1) is 28.3. The summed E-state index contributed by atoms with van der Waals surface area (Å²) in [5.41, 5.74) is 2.20. The molecule has 38 heavy (non-hydrogen) atoms. The minimum absolute atomic E-state index is 0.176. The van der Waals surface area contributed by atoms with Crippen molar-refractivity contribution < 1.29 is 28.5 Å². The van der Waals surface area contributed by atoms with Crippen LogP contribution < -0.4 is 9.47 Å². The van der Waals surface area contributed by atoms with Gasteiger partial charge in [0.2, 0.25) is 0 Å². The highest BCUT2D eigenvalue weighted by Crippen LogP contribution is 2.36. The minimum atomic E-state index is -0.519. The lowest BCUT2D eigenvalue weighted by Gasteiger charge is -2.39. The van der Waals surface area contributed by atoms with Crippen LogP contribution in [0.3, 0.4) is 0 Å². The van der Waals surface area contributed by atoms with Crippen molar-refractivity contribution in [2.24, 2.45) is 5.92 Å². The number of likely N-dealkylation sites (tertiary alicyclic amines) is 1. The fraction of sp³-hybridized carbons (Fsp3) is 0.500. The molecule has 1 saturated heterocycles. The molecular formula is C28H34Cl2N2O6. The van der Waals surface area contributed by atoms with E-state index >= 15 is 0 Å². The molecule has 0 saturated carbocycles. The Morgan fingerprint density at radius 2 is 1.82 bits per heavy atom. The molecule has 2 aromatic carbocycles.